The Labute approximate surface area is 94.1 Å². The van der Waals surface area contributed by atoms with Gasteiger partial charge in [-0.1, -0.05) is 0 Å². The number of aromatic nitrogens is 1. The second-order valence-electron chi connectivity index (χ2n) is 3.64. The number of hydrogen-bond acceptors (Lipinski definition) is 4. The predicted molar refractivity (Wildman–Crippen MR) is 60.6 cm³/mol. The summed E-state index contributed by atoms with van der Waals surface area (Å²) in [5.74, 6) is -0.972. The van der Waals surface area contributed by atoms with Gasteiger partial charge in [0.25, 0.3) is 0 Å². The largest absolute Gasteiger partial charge is 0.478 e. The summed E-state index contributed by atoms with van der Waals surface area (Å²) in [6, 6.07) is 1.46. The molecule has 1 atom stereocenters. The van der Waals surface area contributed by atoms with Crippen molar-refractivity contribution < 1.29 is 15.0 Å². The molecule has 5 heteroatoms. The first-order valence-electron chi connectivity index (χ1n) is 5.20. The van der Waals surface area contributed by atoms with Crippen LogP contribution in [0.4, 0.5) is 5.69 Å². The molecule has 88 valence electrons. The van der Waals surface area contributed by atoms with Crippen LogP contribution in [0.3, 0.4) is 0 Å². The Morgan fingerprint density at radius 1 is 1.62 bits per heavy atom. The van der Waals surface area contributed by atoms with Crippen molar-refractivity contribution in [2.24, 2.45) is 0 Å². The van der Waals surface area contributed by atoms with E-state index in [2.05, 4.69) is 10.3 Å². The lowest BCUT2D eigenvalue weighted by molar-refractivity contribution is 0.0697. The highest BCUT2D eigenvalue weighted by Gasteiger charge is 2.08. The number of hydrogen-bond donors (Lipinski definition) is 3. The van der Waals surface area contributed by atoms with Crippen LogP contribution >= 0.6 is 0 Å². The molecule has 0 aromatic carbocycles. The molecular formula is C11H16N2O3. The average molecular weight is 224 g/mol. The minimum atomic E-state index is -0.972. The summed E-state index contributed by atoms with van der Waals surface area (Å²) in [6.45, 7) is 2.35. The predicted octanol–water partition coefficient (Wildman–Crippen LogP) is 1.35. The number of pyridine rings is 1. The van der Waals surface area contributed by atoms with Gasteiger partial charge < -0.3 is 15.5 Å². The summed E-state index contributed by atoms with van der Waals surface area (Å²) in [7, 11) is 0. The van der Waals surface area contributed by atoms with Crippen LogP contribution in [0.2, 0.25) is 0 Å². The highest BCUT2D eigenvalue weighted by molar-refractivity contribution is 5.93. The molecule has 0 aliphatic heterocycles. The molecule has 16 heavy (non-hydrogen) atoms. The normalized spacial score (nSPS) is 12.1. The maximum atomic E-state index is 10.9. The van der Waals surface area contributed by atoms with Crippen molar-refractivity contribution in [2.75, 3.05) is 11.9 Å². The number of nitrogens with one attached hydrogen (secondary N) is 1. The van der Waals surface area contributed by atoms with Gasteiger partial charge in [-0.2, -0.15) is 0 Å². The van der Waals surface area contributed by atoms with E-state index in [-0.39, 0.29) is 11.7 Å². The molecule has 0 bridgehead atoms. The zero-order valence-electron chi connectivity index (χ0n) is 9.18. The smallest absolute Gasteiger partial charge is 0.337 e. The molecule has 0 fully saturated rings. The summed E-state index contributed by atoms with van der Waals surface area (Å²) in [5, 5.41) is 21.0. The third kappa shape index (κ3) is 3.86. The zero-order chi connectivity index (χ0) is 12.0. The maximum absolute atomic E-state index is 10.9. The van der Waals surface area contributed by atoms with Gasteiger partial charge in [0, 0.05) is 12.7 Å². The molecule has 0 aliphatic rings. The highest BCUT2D eigenvalue weighted by Crippen LogP contribution is 2.13. The van der Waals surface area contributed by atoms with Crippen LogP contribution < -0.4 is 5.32 Å². The second-order valence-corrected chi connectivity index (χ2v) is 3.64. The van der Waals surface area contributed by atoms with Crippen molar-refractivity contribution in [3.8, 4) is 0 Å². The molecule has 1 aromatic heterocycles. The van der Waals surface area contributed by atoms with Gasteiger partial charge in [-0.3, -0.25) is 4.98 Å². The van der Waals surface area contributed by atoms with Crippen LogP contribution in [0.25, 0.3) is 0 Å². The number of carboxylic acid groups (broad SMARTS) is 1. The summed E-state index contributed by atoms with van der Waals surface area (Å²) in [6.07, 6.45) is 4.09. The zero-order valence-corrected chi connectivity index (χ0v) is 9.18. The molecule has 0 saturated carbocycles. The topological polar surface area (TPSA) is 82.5 Å². The van der Waals surface area contributed by atoms with E-state index in [1.807, 2.05) is 0 Å². The van der Waals surface area contributed by atoms with Crippen molar-refractivity contribution in [2.45, 2.75) is 25.9 Å². The fourth-order valence-corrected chi connectivity index (χ4v) is 1.34. The Kier molecular flexibility index (Phi) is 4.72. The van der Waals surface area contributed by atoms with E-state index < -0.39 is 5.97 Å². The number of rotatable bonds is 6. The first kappa shape index (κ1) is 12.4. The number of aliphatic hydroxyl groups excluding tert-OH is 1. The van der Waals surface area contributed by atoms with Crippen molar-refractivity contribution in [3.63, 3.8) is 0 Å². The quantitative estimate of drug-likeness (QED) is 0.635. The lowest BCUT2D eigenvalue weighted by atomic mass is 10.2. The molecule has 0 spiro atoms. The maximum Gasteiger partial charge on any atom is 0.337 e. The van der Waals surface area contributed by atoms with Gasteiger partial charge in [0.05, 0.1) is 23.6 Å². The number of anilines is 1. The van der Waals surface area contributed by atoms with Crippen molar-refractivity contribution >= 4 is 11.7 Å². The fraction of sp³-hybridized carbons (Fsp3) is 0.455. The van der Waals surface area contributed by atoms with Gasteiger partial charge in [0.15, 0.2) is 0 Å². The van der Waals surface area contributed by atoms with E-state index in [1.165, 1.54) is 18.5 Å². The molecule has 0 saturated heterocycles. The van der Waals surface area contributed by atoms with Gasteiger partial charge in [0.1, 0.15) is 0 Å². The summed E-state index contributed by atoms with van der Waals surface area (Å²) < 4.78 is 0. The number of nitrogens with zero attached hydrogens (tertiary/aromatic N) is 1. The van der Waals surface area contributed by atoms with Crippen LogP contribution in [-0.4, -0.2) is 33.8 Å². The Morgan fingerprint density at radius 2 is 2.38 bits per heavy atom. The average Bonchev–Trinajstić information content (AvgIpc) is 2.24. The van der Waals surface area contributed by atoms with E-state index in [1.54, 1.807) is 6.92 Å². The van der Waals surface area contributed by atoms with E-state index in [0.29, 0.717) is 18.7 Å². The summed E-state index contributed by atoms with van der Waals surface area (Å²) >= 11 is 0. The number of aliphatic hydroxyl groups is 1. The lowest BCUT2D eigenvalue weighted by Crippen LogP contribution is -2.10. The standard InChI is InChI=1S/C11H16N2O3/c1-8(14)3-2-5-13-10-7-12-6-4-9(10)11(15)16/h4,6-8,13-14H,2-3,5H2,1H3,(H,15,16). The van der Waals surface area contributed by atoms with Gasteiger partial charge in [0.2, 0.25) is 0 Å². The third-order valence-electron chi connectivity index (χ3n) is 2.17. The summed E-state index contributed by atoms with van der Waals surface area (Å²) in [5.41, 5.74) is 0.729. The van der Waals surface area contributed by atoms with E-state index in [0.717, 1.165) is 6.42 Å². The third-order valence-corrected chi connectivity index (χ3v) is 2.17. The minimum absolute atomic E-state index is 0.215. The minimum Gasteiger partial charge on any atom is -0.478 e. The van der Waals surface area contributed by atoms with Gasteiger partial charge >= 0.3 is 5.97 Å². The van der Waals surface area contributed by atoms with E-state index in [9.17, 15) is 4.79 Å². The number of aromatic carboxylic acids is 1. The Hall–Kier alpha value is -1.62. The molecule has 1 unspecified atom stereocenters. The molecule has 1 aromatic rings. The number of carbonyl (C=O) groups is 1. The van der Waals surface area contributed by atoms with Crippen molar-refractivity contribution in [1.82, 2.24) is 4.98 Å². The van der Waals surface area contributed by atoms with E-state index in [4.69, 9.17) is 10.2 Å². The Balaban J connectivity index is 2.50. The lowest BCUT2D eigenvalue weighted by Gasteiger charge is -2.09. The molecule has 5 nitrogen and oxygen atoms in total. The molecule has 0 amide bonds. The van der Waals surface area contributed by atoms with Crippen LogP contribution in [0, 0.1) is 0 Å². The molecule has 1 heterocycles. The van der Waals surface area contributed by atoms with Crippen molar-refractivity contribution in [1.29, 1.82) is 0 Å². The van der Waals surface area contributed by atoms with E-state index >= 15 is 0 Å². The first-order valence-corrected chi connectivity index (χ1v) is 5.20. The van der Waals surface area contributed by atoms with Gasteiger partial charge in [-0.15, -0.1) is 0 Å². The molecule has 1 rings (SSSR count). The molecule has 3 N–H and O–H groups in total. The number of carboxylic acids is 1. The highest BCUT2D eigenvalue weighted by atomic mass is 16.4. The summed E-state index contributed by atoms with van der Waals surface area (Å²) in [4.78, 5) is 14.7. The van der Waals surface area contributed by atoms with Crippen LogP contribution in [0.1, 0.15) is 30.1 Å². The Bertz CT molecular complexity index is 353. The van der Waals surface area contributed by atoms with Crippen LogP contribution in [-0.2, 0) is 0 Å². The Morgan fingerprint density at radius 3 is 3.00 bits per heavy atom. The first-order chi connectivity index (χ1) is 7.61. The molecular weight excluding hydrogens is 208 g/mol. The van der Waals surface area contributed by atoms with Crippen molar-refractivity contribution in [3.05, 3.63) is 24.0 Å². The second kappa shape index (κ2) is 6.07. The molecule has 0 aliphatic carbocycles. The monoisotopic (exact) mass is 224 g/mol. The molecule has 0 radical (unpaired) electrons. The SMILES string of the molecule is CC(O)CCCNc1cnccc1C(=O)O. The van der Waals surface area contributed by atoms with Crippen LogP contribution in [0.15, 0.2) is 18.5 Å². The van der Waals surface area contributed by atoms with Crippen LogP contribution in [0.5, 0.6) is 0 Å². The van der Waals surface area contributed by atoms with Gasteiger partial charge in [-0.25, -0.2) is 4.79 Å². The van der Waals surface area contributed by atoms with Gasteiger partial charge in [-0.05, 0) is 25.8 Å². The fourth-order valence-electron chi connectivity index (χ4n) is 1.34.